The van der Waals surface area contributed by atoms with E-state index in [-0.39, 0.29) is 24.0 Å². The third kappa shape index (κ3) is 8.86. The van der Waals surface area contributed by atoms with E-state index < -0.39 is 11.9 Å². The molecule has 2 aromatic rings. The van der Waals surface area contributed by atoms with E-state index in [4.69, 9.17) is 0 Å². The van der Waals surface area contributed by atoms with Gasteiger partial charge in [0, 0.05) is 38.0 Å². The Kier molecular flexibility index (Phi) is 10.6. The van der Waals surface area contributed by atoms with Gasteiger partial charge in [0.2, 0.25) is 0 Å². The van der Waals surface area contributed by atoms with Gasteiger partial charge in [-0.3, -0.25) is 4.99 Å². The number of alkyl halides is 3. The summed E-state index contributed by atoms with van der Waals surface area (Å²) in [5, 5.41) is 15.2. The maximum absolute atomic E-state index is 12.5. The van der Waals surface area contributed by atoms with Crippen molar-refractivity contribution in [2.45, 2.75) is 38.9 Å². The van der Waals surface area contributed by atoms with Crippen molar-refractivity contribution in [1.82, 2.24) is 30.4 Å². The summed E-state index contributed by atoms with van der Waals surface area (Å²) in [5.74, 6) is 0.657. The van der Waals surface area contributed by atoms with Gasteiger partial charge in [0.15, 0.2) is 11.7 Å². The average molecular weight is 517 g/mol. The molecule has 0 unspecified atom stereocenters. The SMILES string of the molecule is CCNC(=NCCCCn1cnnc1)NCCc1nc(C(F)(F)F)cs1.I. The Balaban J connectivity index is 0.00000364. The van der Waals surface area contributed by atoms with Crippen molar-refractivity contribution in [3.8, 4) is 0 Å². The number of nitrogens with one attached hydrogen (secondary N) is 2. The van der Waals surface area contributed by atoms with Crippen molar-refractivity contribution in [3.63, 3.8) is 0 Å². The first-order valence-electron chi connectivity index (χ1n) is 8.35. The predicted octanol–water partition coefficient (Wildman–Crippen LogP) is 2.95. The normalized spacial score (nSPS) is 11.9. The minimum absolute atomic E-state index is 0. The zero-order valence-electron chi connectivity index (χ0n) is 14.9. The van der Waals surface area contributed by atoms with Gasteiger partial charge in [0.1, 0.15) is 12.7 Å². The number of aryl methyl sites for hydroxylation is 1. The zero-order valence-corrected chi connectivity index (χ0v) is 18.0. The number of thiazole rings is 1. The van der Waals surface area contributed by atoms with E-state index >= 15 is 0 Å². The fourth-order valence-electron chi connectivity index (χ4n) is 2.12. The second-order valence-corrected chi connectivity index (χ2v) is 6.41. The largest absolute Gasteiger partial charge is 0.434 e. The molecule has 0 aromatic carbocycles. The van der Waals surface area contributed by atoms with Gasteiger partial charge in [-0.25, -0.2) is 4.98 Å². The maximum atomic E-state index is 12.5. The van der Waals surface area contributed by atoms with Crippen LogP contribution < -0.4 is 10.6 Å². The number of hydrogen-bond donors (Lipinski definition) is 2. The third-order valence-electron chi connectivity index (χ3n) is 3.38. The Bertz CT molecular complexity index is 673. The van der Waals surface area contributed by atoms with Crippen molar-refractivity contribution in [1.29, 1.82) is 0 Å². The molecule has 0 aliphatic carbocycles. The summed E-state index contributed by atoms with van der Waals surface area (Å²) < 4.78 is 39.5. The lowest BCUT2D eigenvalue weighted by atomic mass is 10.3. The Morgan fingerprint density at radius 3 is 2.59 bits per heavy atom. The topological polar surface area (TPSA) is 80.0 Å². The number of aliphatic imine (C=N–C) groups is 1. The average Bonchev–Trinajstić information content (AvgIpc) is 3.25. The third-order valence-corrected chi connectivity index (χ3v) is 4.29. The van der Waals surface area contributed by atoms with Crippen LogP contribution in [0, 0.1) is 0 Å². The zero-order chi connectivity index (χ0) is 18.8. The minimum atomic E-state index is -4.38. The van der Waals surface area contributed by atoms with E-state index in [1.165, 1.54) is 0 Å². The van der Waals surface area contributed by atoms with Gasteiger partial charge in [0.25, 0.3) is 0 Å². The lowest BCUT2D eigenvalue weighted by Gasteiger charge is -2.10. The lowest BCUT2D eigenvalue weighted by Crippen LogP contribution is -2.38. The van der Waals surface area contributed by atoms with Crippen molar-refractivity contribution in [2.24, 2.45) is 4.99 Å². The number of unbranched alkanes of at least 4 members (excludes halogenated alkanes) is 1. The molecule has 2 aromatic heterocycles. The number of guanidine groups is 1. The first-order chi connectivity index (χ1) is 12.5. The van der Waals surface area contributed by atoms with Crippen molar-refractivity contribution in [3.05, 3.63) is 28.7 Å². The molecule has 0 spiro atoms. The minimum Gasteiger partial charge on any atom is -0.357 e. The van der Waals surface area contributed by atoms with Crippen LogP contribution in [0.1, 0.15) is 30.5 Å². The summed E-state index contributed by atoms with van der Waals surface area (Å²) >= 11 is 1.02. The lowest BCUT2D eigenvalue weighted by molar-refractivity contribution is -0.140. The molecule has 2 heterocycles. The predicted molar refractivity (Wildman–Crippen MR) is 109 cm³/mol. The Morgan fingerprint density at radius 1 is 1.22 bits per heavy atom. The molecule has 0 saturated carbocycles. The molecule has 27 heavy (non-hydrogen) atoms. The molecule has 12 heteroatoms. The second-order valence-electron chi connectivity index (χ2n) is 5.47. The highest BCUT2D eigenvalue weighted by Crippen LogP contribution is 2.29. The van der Waals surface area contributed by atoms with Crippen LogP contribution in [-0.4, -0.2) is 45.3 Å². The molecule has 0 aliphatic rings. The van der Waals surface area contributed by atoms with Gasteiger partial charge < -0.3 is 15.2 Å². The van der Waals surface area contributed by atoms with Crippen molar-refractivity contribution in [2.75, 3.05) is 19.6 Å². The van der Waals surface area contributed by atoms with Crippen LogP contribution in [-0.2, 0) is 19.1 Å². The van der Waals surface area contributed by atoms with Crippen LogP contribution in [0.3, 0.4) is 0 Å². The summed E-state index contributed by atoms with van der Waals surface area (Å²) in [7, 11) is 0. The molecule has 0 fully saturated rings. The smallest absolute Gasteiger partial charge is 0.357 e. The Morgan fingerprint density at radius 2 is 1.96 bits per heavy atom. The van der Waals surface area contributed by atoms with Crippen LogP contribution >= 0.6 is 35.3 Å². The van der Waals surface area contributed by atoms with Crippen molar-refractivity contribution >= 4 is 41.3 Å². The molecule has 0 radical (unpaired) electrons. The van der Waals surface area contributed by atoms with E-state index in [0.717, 1.165) is 36.1 Å². The first-order valence-corrected chi connectivity index (χ1v) is 9.23. The Labute approximate surface area is 176 Å². The highest BCUT2D eigenvalue weighted by atomic mass is 127. The molecule has 2 N–H and O–H groups in total. The summed E-state index contributed by atoms with van der Waals surface area (Å²) in [6, 6.07) is 0. The van der Waals surface area contributed by atoms with Gasteiger partial charge in [-0.1, -0.05) is 0 Å². The molecule has 0 aliphatic heterocycles. The molecule has 0 amide bonds. The molecular weight excluding hydrogens is 494 g/mol. The first kappa shape index (κ1) is 23.6. The van der Waals surface area contributed by atoms with Crippen molar-refractivity contribution < 1.29 is 13.2 Å². The van der Waals surface area contributed by atoms with E-state index in [0.29, 0.717) is 37.0 Å². The molecule has 0 saturated heterocycles. The van der Waals surface area contributed by atoms with Gasteiger partial charge in [-0.2, -0.15) is 13.2 Å². The Hall–Kier alpha value is -1.44. The van der Waals surface area contributed by atoms with E-state index in [1.807, 2.05) is 11.5 Å². The van der Waals surface area contributed by atoms with Crippen LogP contribution in [0.15, 0.2) is 23.0 Å². The second kappa shape index (κ2) is 12.1. The van der Waals surface area contributed by atoms with Crippen LogP contribution in [0.5, 0.6) is 0 Å². The molecular formula is C15H23F3IN7S. The fourth-order valence-corrected chi connectivity index (χ4v) is 2.93. The highest BCUT2D eigenvalue weighted by Gasteiger charge is 2.33. The number of rotatable bonds is 9. The van der Waals surface area contributed by atoms with Gasteiger partial charge in [-0.15, -0.1) is 45.5 Å². The standard InChI is InChI=1S/C15H22F3N7S.HI/c1-2-19-14(20-6-3-4-8-25-10-22-23-11-25)21-7-5-13-24-12(9-26-13)15(16,17)18;/h9-11H,2-8H2,1H3,(H2,19,20,21);1H. The molecule has 152 valence electrons. The number of nitrogens with zero attached hydrogens (tertiary/aromatic N) is 5. The van der Waals surface area contributed by atoms with E-state index in [9.17, 15) is 13.2 Å². The number of hydrogen-bond acceptors (Lipinski definition) is 5. The van der Waals surface area contributed by atoms with E-state index in [2.05, 4.69) is 30.8 Å². The van der Waals surface area contributed by atoms with Gasteiger partial charge in [-0.05, 0) is 19.8 Å². The van der Waals surface area contributed by atoms with Crippen LogP contribution in [0.4, 0.5) is 13.2 Å². The maximum Gasteiger partial charge on any atom is 0.434 e. The van der Waals surface area contributed by atoms with Crippen LogP contribution in [0.25, 0.3) is 0 Å². The van der Waals surface area contributed by atoms with E-state index in [1.54, 1.807) is 12.7 Å². The monoisotopic (exact) mass is 517 g/mol. The molecule has 0 atom stereocenters. The van der Waals surface area contributed by atoms with Gasteiger partial charge in [0.05, 0.1) is 5.01 Å². The molecule has 0 bridgehead atoms. The summed E-state index contributed by atoms with van der Waals surface area (Å²) in [5.41, 5.74) is -0.828. The summed E-state index contributed by atoms with van der Waals surface area (Å²) in [4.78, 5) is 8.08. The number of halogens is 4. The van der Waals surface area contributed by atoms with Gasteiger partial charge >= 0.3 is 6.18 Å². The summed E-state index contributed by atoms with van der Waals surface area (Å²) in [6.07, 6.45) is 1.26. The molecule has 7 nitrogen and oxygen atoms in total. The fraction of sp³-hybridized carbons (Fsp3) is 0.600. The quantitative estimate of drug-likeness (QED) is 0.232. The summed E-state index contributed by atoms with van der Waals surface area (Å²) in [6.45, 7) is 4.64. The highest BCUT2D eigenvalue weighted by molar-refractivity contribution is 14.0. The number of aromatic nitrogens is 4. The molecule has 2 rings (SSSR count). The van der Waals surface area contributed by atoms with Crippen LogP contribution in [0.2, 0.25) is 0 Å².